The van der Waals surface area contributed by atoms with E-state index in [-0.39, 0.29) is 5.75 Å². The number of ether oxygens (including phenoxy) is 3. The van der Waals surface area contributed by atoms with Gasteiger partial charge in [0.25, 0.3) is 0 Å². The minimum Gasteiger partial charge on any atom is -0.432 e. The lowest BCUT2D eigenvalue weighted by Crippen LogP contribution is -2.23. The molecule has 3 aromatic carbocycles. The molecule has 0 N–H and O–H groups in total. The summed E-state index contributed by atoms with van der Waals surface area (Å²) in [5.41, 5.74) is -0.215. The fourth-order valence-electron chi connectivity index (χ4n) is 3.11. The summed E-state index contributed by atoms with van der Waals surface area (Å²) in [6.07, 6.45) is -5.03. The highest BCUT2D eigenvalue weighted by Gasteiger charge is 2.37. The molecule has 0 atom stereocenters. The number of hydrogen-bond acceptors (Lipinski definition) is 3. The van der Waals surface area contributed by atoms with E-state index in [4.69, 9.17) is 4.74 Å². The molecule has 0 radical (unpaired) electrons. The second-order valence-electron chi connectivity index (χ2n) is 7.53. The molecule has 0 bridgehead atoms. The molecule has 3 nitrogen and oxygen atoms in total. The maximum absolute atomic E-state index is 14.5. The molecular weight excluding hydrogens is 481 g/mol. The first-order chi connectivity index (χ1) is 16.5. The smallest absolute Gasteiger partial charge is 0.426 e. The minimum atomic E-state index is -3.99. The number of alkyl halides is 6. The molecule has 188 valence electrons. The maximum atomic E-state index is 14.5. The van der Waals surface area contributed by atoms with Gasteiger partial charge in [-0.2, -0.15) is 26.3 Å². The van der Waals surface area contributed by atoms with Crippen molar-refractivity contribution in [3.05, 3.63) is 89.2 Å². The van der Waals surface area contributed by atoms with Crippen molar-refractivity contribution >= 4 is 0 Å². The Kier molecular flexibility index (Phi) is 8.14. The van der Waals surface area contributed by atoms with Crippen LogP contribution in [0, 0.1) is 5.82 Å². The molecule has 3 rings (SSSR count). The van der Waals surface area contributed by atoms with E-state index in [1.807, 2.05) is 6.92 Å². The molecule has 10 heteroatoms. The van der Waals surface area contributed by atoms with Crippen LogP contribution in [0.25, 0.3) is 0 Å². The van der Waals surface area contributed by atoms with Gasteiger partial charge in [0.1, 0.15) is 11.5 Å². The normalized spacial score (nSPS) is 12.0. The monoisotopic (exact) mass is 502 g/mol. The molecular formula is C25H21F7O3. The molecule has 0 aliphatic carbocycles. The van der Waals surface area contributed by atoms with Gasteiger partial charge in [0, 0.05) is 6.07 Å². The Balaban J connectivity index is 1.67. The fourth-order valence-corrected chi connectivity index (χ4v) is 3.11. The molecule has 0 unspecified atom stereocenters. The van der Waals surface area contributed by atoms with Crippen molar-refractivity contribution in [1.29, 1.82) is 0 Å². The summed E-state index contributed by atoms with van der Waals surface area (Å²) in [4.78, 5) is 0. The van der Waals surface area contributed by atoms with Gasteiger partial charge in [-0.25, -0.2) is 4.39 Å². The van der Waals surface area contributed by atoms with Gasteiger partial charge in [-0.1, -0.05) is 25.5 Å². The Hall–Kier alpha value is -3.43. The molecule has 0 saturated heterocycles. The van der Waals surface area contributed by atoms with Gasteiger partial charge in [-0.3, -0.25) is 0 Å². The Morgan fingerprint density at radius 1 is 0.743 bits per heavy atom. The predicted molar refractivity (Wildman–Crippen MR) is 114 cm³/mol. The van der Waals surface area contributed by atoms with Crippen LogP contribution >= 0.6 is 0 Å². The van der Waals surface area contributed by atoms with Gasteiger partial charge in [0.2, 0.25) is 0 Å². The molecule has 0 aromatic heterocycles. The first kappa shape index (κ1) is 26.2. The molecule has 0 amide bonds. The van der Waals surface area contributed by atoms with Crippen LogP contribution in [0.2, 0.25) is 0 Å². The molecule has 0 aliphatic heterocycles. The van der Waals surface area contributed by atoms with Crippen LogP contribution in [0.3, 0.4) is 0 Å². The lowest BCUT2D eigenvalue weighted by atomic mass is 10.1. The molecule has 3 aromatic rings. The van der Waals surface area contributed by atoms with E-state index in [1.54, 1.807) is 12.1 Å². The van der Waals surface area contributed by atoms with Crippen molar-refractivity contribution < 1.29 is 44.9 Å². The van der Waals surface area contributed by atoms with Crippen molar-refractivity contribution in [2.45, 2.75) is 45.0 Å². The number of unbranched alkanes of at least 4 members (excludes halogenated alkanes) is 1. The standard InChI is InChI=1S/C25H21F7O3/c1-2-3-4-16-5-7-17(8-6-16)24(29,30)34-19-11-9-18(10-12-19)25(31,32)35-20-13-14-22(21(26)15-20)33-23(27)28/h5-15,23H,2-4H2,1H3. The quantitative estimate of drug-likeness (QED) is 0.249. The van der Waals surface area contributed by atoms with Crippen LogP contribution in [0.1, 0.15) is 36.5 Å². The highest BCUT2D eigenvalue weighted by molar-refractivity contribution is 5.35. The predicted octanol–water partition coefficient (Wildman–Crippen LogP) is 8.03. The summed E-state index contributed by atoms with van der Waals surface area (Å²) in [7, 11) is 0. The van der Waals surface area contributed by atoms with Crippen molar-refractivity contribution in [2.75, 3.05) is 0 Å². The van der Waals surface area contributed by atoms with Gasteiger partial charge in [-0.15, -0.1) is 0 Å². The molecule has 0 aliphatic rings. The third-order valence-corrected chi connectivity index (χ3v) is 4.91. The lowest BCUT2D eigenvalue weighted by molar-refractivity contribution is -0.187. The number of aryl methyl sites for hydroxylation is 1. The van der Waals surface area contributed by atoms with Crippen LogP contribution in [0.15, 0.2) is 66.7 Å². The zero-order valence-electron chi connectivity index (χ0n) is 18.4. The Morgan fingerprint density at radius 3 is 1.77 bits per heavy atom. The molecule has 0 spiro atoms. The number of benzene rings is 3. The van der Waals surface area contributed by atoms with E-state index in [1.165, 1.54) is 12.1 Å². The summed E-state index contributed by atoms with van der Waals surface area (Å²) in [6, 6.07) is 11.1. The van der Waals surface area contributed by atoms with Crippen LogP contribution in [-0.2, 0) is 18.6 Å². The number of hydrogen-bond donors (Lipinski definition) is 0. The van der Waals surface area contributed by atoms with Crippen molar-refractivity contribution in [3.8, 4) is 17.2 Å². The van der Waals surface area contributed by atoms with E-state index in [0.29, 0.717) is 12.1 Å². The summed E-state index contributed by atoms with van der Waals surface area (Å²) in [5, 5.41) is 0. The second-order valence-corrected chi connectivity index (χ2v) is 7.53. The summed E-state index contributed by atoms with van der Waals surface area (Å²) in [6.45, 7) is -1.27. The first-order valence-electron chi connectivity index (χ1n) is 10.6. The van der Waals surface area contributed by atoms with Crippen molar-refractivity contribution in [1.82, 2.24) is 0 Å². The van der Waals surface area contributed by atoms with Gasteiger partial charge >= 0.3 is 18.8 Å². The van der Waals surface area contributed by atoms with Gasteiger partial charge < -0.3 is 14.2 Å². The van der Waals surface area contributed by atoms with Gasteiger partial charge in [-0.05, 0) is 66.9 Å². The Bertz CT molecular complexity index is 1100. The molecule has 0 saturated carbocycles. The Labute approximate surface area is 197 Å². The van der Waals surface area contributed by atoms with Crippen LogP contribution in [-0.4, -0.2) is 6.61 Å². The highest BCUT2D eigenvalue weighted by atomic mass is 19.3. The van der Waals surface area contributed by atoms with E-state index < -0.39 is 47.3 Å². The van der Waals surface area contributed by atoms with Crippen LogP contribution in [0.4, 0.5) is 30.7 Å². The SMILES string of the molecule is CCCCc1ccc(C(F)(F)Oc2ccc(C(F)(F)Oc3ccc(OC(F)F)c(F)c3)cc2)cc1. The average Bonchev–Trinajstić information content (AvgIpc) is 2.79. The van der Waals surface area contributed by atoms with E-state index in [0.717, 1.165) is 55.2 Å². The van der Waals surface area contributed by atoms with Crippen molar-refractivity contribution in [3.63, 3.8) is 0 Å². The summed E-state index contributed by atoms with van der Waals surface area (Å²) < 4.78 is 109. The molecule has 0 fully saturated rings. The number of halogens is 7. The fraction of sp³-hybridized carbons (Fsp3) is 0.280. The highest BCUT2D eigenvalue weighted by Crippen LogP contribution is 2.36. The van der Waals surface area contributed by atoms with Crippen molar-refractivity contribution in [2.24, 2.45) is 0 Å². The minimum absolute atomic E-state index is 0.371. The lowest BCUT2D eigenvalue weighted by Gasteiger charge is -2.21. The summed E-state index contributed by atoms with van der Waals surface area (Å²) >= 11 is 0. The molecule has 35 heavy (non-hydrogen) atoms. The van der Waals surface area contributed by atoms with Crippen LogP contribution < -0.4 is 14.2 Å². The zero-order valence-corrected chi connectivity index (χ0v) is 18.4. The summed E-state index contributed by atoms with van der Waals surface area (Å²) in [5.74, 6) is -3.20. The first-order valence-corrected chi connectivity index (χ1v) is 10.6. The average molecular weight is 502 g/mol. The second kappa shape index (κ2) is 10.9. The van der Waals surface area contributed by atoms with E-state index in [2.05, 4.69) is 9.47 Å². The molecule has 0 heterocycles. The topological polar surface area (TPSA) is 27.7 Å². The van der Waals surface area contributed by atoms with E-state index >= 15 is 0 Å². The largest absolute Gasteiger partial charge is 0.432 e. The van der Waals surface area contributed by atoms with Gasteiger partial charge in [0.15, 0.2) is 11.6 Å². The van der Waals surface area contributed by atoms with Gasteiger partial charge in [0.05, 0.1) is 11.1 Å². The number of rotatable bonds is 11. The van der Waals surface area contributed by atoms with Crippen LogP contribution in [0.5, 0.6) is 17.2 Å². The zero-order chi connectivity index (χ0) is 25.6. The Morgan fingerprint density at radius 2 is 1.26 bits per heavy atom. The van der Waals surface area contributed by atoms with E-state index in [9.17, 15) is 30.7 Å². The third-order valence-electron chi connectivity index (χ3n) is 4.91. The maximum Gasteiger partial charge on any atom is 0.426 e. The third kappa shape index (κ3) is 7.03.